The molecule has 1 aliphatic heterocycles. The number of piperidine rings is 1. The topological polar surface area (TPSA) is 112 Å². The highest BCUT2D eigenvalue weighted by atomic mass is 32.2. The van der Waals surface area contributed by atoms with E-state index in [1.54, 1.807) is 12.3 Å². The third-order valence-corrected chi connectivity index (χ3v) is 7.49. The predicted molar refractivity (Wildman–Crippen MR) is 129 cm³/mol. The number of pyridine rings is 1. The summed E-state index contributed by atoms with van der Waals surface area (Å²) in [4.78, 5) is 26.4. The van der Waals surface area contributed by atoms with Crippen LogP contribution in [0.1, 0.15) is 32.1 Å². The van der Waals surface area contributed by atoms with Crippen molar-refractivity contribution in [1.29, 1.82) is 0 Å². The number of rotatable bonds is 11. The maximum absolute atomic E-state index is 12.5. The third kappa shape index (κ3) is 7.43. The van der Waals surface area contributed by atoms with E-state index in [4.69, 9.17) is 10.5 Å². The van der Waals surface area contributed by atoms with E-state index in [2.05, 4.69) is 4.90 Å². The van der Waals surface area contributed by atoms with E-state index in [0.29, 0.717) is 6.61 Å². The molecule has 2 heterocycles. The maximum atomic E-state index is 12.5. The number of carbonyl (C=O) groups is 1. The van der Waals surface area contributed by atoms with Gasteiger partial charge < -0.3 is 19.9 Å². The van der Waals surface area contributed by atoms with Crippen LogP contribution in [0, 0.1) is 0 Å². The molecule has 0 aliphatic carbocycles. The molecule has 8 nitrogen and oxygen atoms in total. The summed E-state index contributed by atoms with van der Waals surface area (Å²) in [5.41, 5.74) is 6.55. The molecule has 1 aromatic heterocycles. The van der Waals surface area contributed by atoms with Gasteiger partial charge in [0.2, 0.25) is 5.91 Å². The molecule has 2 N–H and O–H groups in total. The number of aryl methyl sites for hydroxylation is 1. The smallest absolute Gasteiger partial charge is 0.251 e. The van der Waals surface area contributed by atoms with Crippen molar-refractivity contribution in [2.45, 2.75) is 43.9 Å². The first kappa shape index (κ1) is 25.0. The van der Waals surface area contributed by atoms with Crippen molar-refractivity contribution in [2.24, 2.45) is 5.73 Å². The first-order valence-electron chi connectivity index (χ1n) is 11.4. The van der Waals surface area contributed by atoms with Gasteiger partial charge in [-0.05, 0) is 68.1 Å². The van der Waals surface area contributed by atoms with Gasteiger partial charge in [-0.2, -0.15) is 0 Å². The van der Waals surface area contributed by atoms with Gasteiger partial charge in [-0.3, -0.25) is 9.59 Å². The average molecular weight is 476 g/mol. The molecule has 1 unspecified atom stereocenters. The first-order chi connectivity index (χ1) is 15.7. The Bertz CT molecular complexity index is 1090. The van der Waals surface area contributed by atoms with Crippen molar-refractivity contribution in [2.75, 3.05) is 32.5 Å². The molecule has 0 saturated carbocycles. The number of likely N-dealkylation sites (tertiary alicyclic amines) is 1. The van der Waals surface area contributed by atoms with Crippen LogP contribution < -0.4 is 16.0 Å². The molecule has 1 saturated heterocycles. The number of primary amides is 1. The SMILES string of the molecule is CS(=O)(=O)C(CCn1ccc(-c2ccc(OCCCN3CCCCC3)cc2)cc1=O)C(N)=O. The summed E-state index contributed by atoms with van der Waals surface area (Å²) in [5.74, 6) is -0.111. The molecule has 3 rings (SSSR count). The quantitative estimate of drug-likeness (QED) is 0.498. The summed E-state index contributed by atoms with van der Waals surface area (Å²) in [6.07, 6.45) is 7.45. The van der Waals surface area contributed by atoms with Crippen LogP contribution in [-0.4, -0.2) is 61.5 Å². The zero-order valence-corrected chi connectivity index (χ0v) is 19.9. The predicted octanol–water partition coefficient (Wildman–Crippen LogP) is 2.06. The van der Waals surface area contributed by atoms with Crippen LogP contribution in [0.2, 0.25) is 0 Å². The Morgan fingerprint density at radius 1 is 1.06 bits per heavy atom. The van der Waals surface area contributed by atoms with Crippen molar-refractivity contribution in [1.82, 2.24) is 9.47 Å². The zero-order chi connectivity index (χ0) is 23.8. The van der Waals surface area contributed by atoms with Gasteiger partial charge in [0.1, 0.15) is 11.0 Å². The highest BCUT2D eigenvalue weighted by Gasteiger charge is 2.26. The van der Waals surface area contributed by atoms with Crippen LogP contribution in [0.25, 0.3) is 11.1 Å². The van der Waals surface area contributed by atoms with Crippen molar-refractivity contribution in [3.63, 3.8) is 0 Å². The van der Waals surface area contributed by atoms with Crippen LogP contribution in [0.4, 0.5) is 0 Å². The Hall–Kier alpha value is -2.65. The van der Waals surface area contributed by atoms with Gasteiger partial charge in [-0.25, -0.2) is 8.42 Å². The van der Waals surface area contributed by atoms with Crippen molar-refractivity contribution >= 4 is 15.7 Å². The van der Waals surface area contributed by atoms with Gasteiger partial charge in [0, 0.05) is 31.6 Å². The highest BCUT2D eigenvalue weighted by Crippen LogP contribution is 2.21. The van der Waals surface area contributed by atoms with Crippen LogP contribution >= 0.6 is 0 Å². The van der Waals surface area contributed by atoms with Gasteiger partial charge >= 0.3 is 0 Å². The zero-order valence-electron chi connectivity index (χ0n) is 19.1. The van der Waals surface area contributed by atoms with Gasteiger partial charge in [0.25, 0.3) is 5.56 Å². The van der Waals surface area contributed by atoms with Gasteiger partial charge in [0.15, 0.2) is 9.84 Å². The number of carbonyl (C=O) groups excluding carboxylic acids is 1. The van der Waals surface area contributed by atoms with E-state index in [1.807, 2.05) is 24.3 Å². The molecular formula is C24H33N3O5S. The van der Waals surface area contributed by atoms with Crippen molar-refractivity contribution in [3.8, 4) is 16.9 Å². The normalized spacial score (nSPS) is 15.8. The standard InChI is InChI=1S/C24H33N3O5S/c1-33(30,31)22(24(25)29)11-16-27-15-10-20(18-23(27)28)19-6-8-21(9-7-19)32-17-5-14-26-12-3-2-4-13-26/h6-10,15,18,22H,2-5,11-14,16-17H2,1H3,(H2,25,29). The average Bonchev–Trinajstić information content (AvgIpc) is 2.78. The fraction of sp³-hybridized carbons (Fsp3) is 0.500. The molecule has 1 fully saturated rings. The van der Waals surface area contributed by atoms with Crippen LogP contribution in [0.3, 0.4) is 0 Å². The number of nitrogens with zero attached hydrogens (tertiary/aromatic N) is 2. The molecule has 1 amide bonds. The number of benzene rings is 1. The number of sulfone groups is 1. The number of hydrogen-bond acceptors (Lipinski definition) is 6. The molecule has 33 heavy (non-hydrogen) atoms. The summed E-state index contributed by atoms with van der Waals surface area (Å²) >= 11 is 0. The van der Waals surface area contributed by atoms with E-state index < -0.39 is 21.0 Å². The van der Waals surface area contributed by atoms with E-state index >= 15 is 0 Å². The van der Waals surface area contributed by atoms with E-state index in [0.717, 1.165) is 36.1 Å². The molecule has 180 valence electrons. The highest BCUT2D eigenvalue weighted by molar-refractivity contribution is 7.92. The Balaban J connectivity index is 1.53. The van der Waals surface area contributed by atoms with Crippen LogP contribution in [0.5, 0.6) is 5.75 Å². The minimum Gasteiger partial charge on any atom is -0.494 e. The summed E-state index contributed by atoms with van der Waals surface area (Å²) in [6, 6.07) is 10.9. The molecule has 0 spiro atoms. The summed E-state index contributed by atoms with van der Waals surface area (Å²) in [7, 11) is -3.62. The monoisotopic (exact) mass is 475 g/mol. The Morgan fingerprint density at radius 2 is 1.76 bits per heavy atom. The van der Waals surface area contributed by atoms with Gasteiger partial charge in [0.05, 0.1) is 6.61 Å². The van der Waals surface area contributed by atoms with Crippen LogP contribution in [-0.2, 0) is 21.2 Å². The lowest BCUT2D eigenvalue weighted by Crippen LogP contribution is -2.36. The fourth-order valence-corrected chi connectivity index (χ4v) is 5.06. The van der Waals surface area contributed by atoms with Gasteiger partial charge in [-0.1, -0.05) is 18.6 Å². The lowest BCUT2D eigenvalue weighted by Gasteiger charge is -2.26. The van der Waals surface area contributed by atoms with E-state index in [9.17, 15) is 18.0 Å². The second-order valence-electron chi connectivity index (χ2n) is 8.58. The molecule has 0 bridgehead atoms. The Morgan fingerprint density at radius 3 is 2.36 bits per heavy atom. The number of hydrogen-bond donors (Lipinski definition) is 1. The second kappa shape index (κ2) is 11.5. The lowest BCUT2D eigenvalue weighted by atomic mass is 10.1. The fourth-order valence-electron chi connectivity index (χ4n) is 4.10. The molecule has 1 aliphatic rings. The Kier molecular flexibility index (Phi) is 8.68. The second-order valence-corrected chi connectivity index (χ2v) is 10.8. The molecular weight excluding hydrogens is 442 g/mol. The van der Waals surface area contributed by atoms with Gasteiger partial charge in [-0.15, -0.1) is 0 Å². The number of amides is 1. The van der Waals surface area contributed by atoms with E-state index in [-0.39, 0.29) is 18.5 Å². The van der Waals surface area contributed by atoms with Crippen molar-refractivity contribution < 1.29 is 17.9 Å². The maximum Gasteiger partial charge on any atom is 0.251 e. The lowest BCUT2D eigenvalue weighted by molar-refractivity contribution is -0.117. The third-order valence-electron chi connectivity index (χ3n) is 5.99. The minimum absolute atomic E-state index is 0.0444. The molecule has 1 aromatic carbocycles. The van der Waals surface area contributed by atoms with Crippen molar-refractivity contribution in [3.05, 3.63) is 52.9 Å². The largest absolute Gasteiger partial charge is 0.494 e. The summed E-state index contributed by atoms with van der Waals surface area (Å²) in [5, 5.41) is -1.31. The molecule has 0 radical (unpaired) electrons. The molecule has 1 atom stereocenters. The minimum atomic E-state index is -3.62. The number of aromatic nitrogens is 1. The Labute approximate surface area is 195 Å². The number of nitrogens with two attached hydrogens (primary N) is 1. The summed E-state index contributed by atoms with van der Waals surface area (Å²) < 4.78 is 30.6. The molecule has 2 aromatic rings. The summed E-state index contributed by atoms with van der Waals surface area (Å²) in [6.45, 7) is 4.21. The van der Waals surface area contributed by atoms with Crippen LogP contribution in [0.15, 0.2) is 47.4 Å². The number of ether oxygens (including phenoxy) is 1. The molecule has 9 heteroatoms. The first-order valence-corrected chi connectivity index (χ1v) is 13.3. The van der Waals surface area contributed by atoms with E-state index in [1.165, 1.54) is 43.0 Å².